The van der Waals surface area contributed by atoms with Gasteiger partial charge >= 0.3 is 0 Å². The van der Waals surface area contributed by atoms with Gasteiger partial charge in [0, 0.05) is 12.1 Å². The predicted octanol–water partition coefficient (Wildman–Crippen LogP) is 3.96. The van der Waals surface area contributed by atoms with E-state index in [0.29, 0.717) is 6.54 Å². The fourth-order valence-corrected chi connectivity index (χ4v) is 3.90. The Balaban J connectivity index is 2.63. The lowest BCUT2D eigenvalue weighted by atomic mass is 9.99. The van der Waals surface area contributed by atoms with Crippen LogP contribution in [0.25, 0.3) is 10.4 Å². The van der Waals surface area contributed by atoms with Crippen molar-refractivity contribution in [3.05, 3.63) is 38.4 Å². The van der Waals surface area contributed by atoms with E-state index in [1.165, 1.54) is 27.1 Å². The summed E-state index contributed by atoms with van der Waals surface area (Å²) in [5.41, 5.74) is 10.8. The van der Waals surface area contributed by atoms with Gasteiger partial charge in [-0.25, -0.2) is 4.98 Å². The molecule has 90 valence electrons. The van der Waals surface area contributed by atoms with Crippen LogP contribution >= 0.6 is 27.3 Å². The van der Waals surface area contributed by atoms with Gasteiger partial charge in [-0.1, -0.05) is 17.7 Å². The van der Waals surface area contributed by atoms with E-state index < -0.39 is 0 Å². The van der Waals surface area contributed by atoms with Crippen LogP contribution in [-0.2, 0) is 6.54 Å². The highest BCUT2D eigenvalue weighted by molar-refractivity contribution is 9.10. The van der Waals surface area contributed by atoms with Gasteiger partial charge in [0.05, 0.1) is 4.88 Å². The standard InChI is InChI=1S/C13H15BrN2S/c1-7-4-8(2)11(9(3)5-7)12-13(14)16-10(6-15)17-12/h4-5H,6,15H2,1-3H3. The Morgan fingerprint density at radius 3 is 2.29 bits per heavy atom. The summed E-state index contributed by atoms with van der Waals surface area (Å²) < 4.78 is 0.901. The summed E-state index contributed by atoms with van der Waals surface area (Å²) in [6.45, 7) is 6.90. The molecule has 0 spiro atoms. The molecule has 2 rings (SSSR count). The van der Waals surface area contributed by atoms with Crippen molar-refractivity contribution in [2.24, 2.45) is 5.73 Å². The molecule has 0 bridgehead atoms. The van der Waals surface area contributed by atoms with Crippen LogP contribution < -0.4 is 5.73 Å². The Morgan fingerprint density at radius 1 is 1.24 bits per heavy atom. The molecule has 0 aliphatic carbocycles. The predicted molar refractivity (Wildman–Crippen MR) is 77.4 cm³/mol. The van der Waals surface area contributed by atoms with Crippen molar-refractivity contribution in [2.75, 3.05) is 0 Å². The third-order valence-electron chi connectivity index (χ3n) is 2.71. The van der Waals surface area contributed by atoms with Crippen LogP contribution in [0.1, 0.15) is 21.7 Å². The number of halogens is 1. The van der Waals surface area contributed by atoms with Crippen LogP contribution in [0, 0.1) is 20.8 Å². The van der Waals surface area contributed by atoms with Crippen LogP contribution in [-0.4, -0.2) is 4.98 Å². The topological polar surface area (TPSA) is 38.9 Å². The summed E-state index contributed by atoms with van der Waals surface area (Å²) in [5, 5.41) is 0.964. The van der Waals surface area contributed by atoms with Gasteiger partial charge in [-0.15, -0.1) is 11.3 Å². The van der Waals surface area contributed by atoms with Crippen molar-refractivity contribution < 1.29 is 0 Å². The molecule has 0 fully saturated rings. The second-order valence-electron chi connectivity index (χ2n) is 4.21. The lowest BCUT2D eigenvalue weighted by Gasteiger charge is -2.09. The summed E-state index contributed by atoms with van der Waals surface area (Å²) >= 11 is 5.19. The molecule has 0 amide bonds. The summed E-state index contributed by atoms with van der Waals surface area (Å²) in [4.78, 5) is 5.60. The molecule has 0 atom stereocenters. The Morgan fingerprint density at radius 2 is 1.82 bits per heavy atom. The lowest BCUT2D eigenvalue weighted by molar-refractivity contribution is 1.03. The fraction of sp³-hybridized carbons (Fsp3) is 0.308. The Labute approximate surface area is 114 Å². The molecule has 0 radical (unpaired) electrons. The van der Waals surface area contributed by atoms with Gasteiger partial charge in [0.15, 0.2) is 0 Å². The molecule has 0 unspecified atom stereocenters. The number of rotatable bonds is 2. The van der Waals surface area contributed by atoms with Gasteiger partial charge < -0.3 is 5.73 Å². The van der Waals surface area contributed by atoms with Crippen LogP contribution in [0.2, 0.25) is 0 Å². The minimum Gasteiger partial charge on any atom is -0.325 e. The summed E-state index contributed by atoms with van der Waals surface area (Å²) in [6.07, 6.45) is 0. The van der Waals surface area contributed by atoms with Crippen molar-refractivity contribution in [3.63, 3.8) is 0 Å². The second kappa shape index (κ2) is 4.88. The van der Waals surface area contributed by atoms with Gasteiger partial charge in [-0.05, 0) is 47.8 Å². The molecule has 1 aromatic heterocycles. The third-order valence-corrected chi connectivity index (χ3v) is 4.64. The van der Waals surface area contributed by atoms with Crippen LogP contribution in [0.15, 0.2) is 16.7 Å². The van der Waals surface area contributed by atoms with Crippen molar-refractivity contribution in [2.45, 2.75) is 27.3 Å². The molecule has 0 aliphatic rings. The number of aromatic nitrogens is 1. The summed E-state index contributed by atoms with van der Waals surface area (Å²) in [7, 11) is 0. The first-order valence-electron chi connectivity index (χ1n) is 5.46. The largest absolute Gasteiger partial charge is 0.325 e. The van der Waals surface area contributed by atoms with E-state index in [0.717, 1.165) is 9.61 Å². The first-order chi connectivity index (χ1) is 8.02. The Hall–Kier alpha value is -0.710. The smallest absolute Gasteiger partial charge is 0.125 e. The van der Waals surface area contributed by atoms with Gasteiger partial charge in [0.25, 0.3) is 0 Å². The number of hydrogen-bond donors (Lipinski definition) is 1. The van der Waals surface area contributed by atoms with Crippen LogP contribution in [0.5, 0.6) is 0 Å². The van der Waals surface area contributed by atoms with Gasteiger partial charge in [0.1, 0.15) is 9.61 Å². The van der Waals surface area contributed by atoms with Gasteiger partial charge in [-0.3, -0.25) is 0 Å². The van der Waals surface area contributed by atoms with Crippen molar-refractivity contribution >= 4 is 27.3 Å². The molecule has 2 aromatic rings. The highest BCUT2D eigenvalue weighted by Crippen LogP contribution is 2.38. The minimum atomic E-state index is 0.493. The van der Waals surface area contributed by atoms with E-state index in [2.05, 4.69) is 53.8 Å². The van der Waals surface area contributed by atoms with E-state index in [4.69, 9.17) is 5.73 Å². The maximum atomic E-state index is 5.64. The lowest BCUT2D eigenvalue weighted by Crippen LogP contribution is -1.93. The second-order valence-corrected chi connectivity index (χ2v) is 6.04. The van der Waals surface area contributed by atoms with Crippen LogP contribution in [0.4, 0.5) is 0 Å². The van der Waals surface area contributed by atoms with E-state index in [9.17, 15) is 0 Å². The molecule has 4 heteroatoms. The summed E-state index contributed by atoms with van der Waals surface area (Å²) in [5.74, 6) is 0. The van der Waals surface area contributed by atoms with Gasteiger partial charge in [-0.2, -0.15) is 0 Å². The zero-order valence-electron chi connectivity index (χ0n) is 10.2. The Kier molecular flexibility index (Phi) is 3.66. The first kappa shape index (κ1) is 12.7. The maximum absolute atomic E-state index is 5.64. The van der Waals surface area contributed by atoms with Crippen molar-refractivity contribution in [1.82, 2.24) is 4.98 Å². The van der Waals surface area contributed by atoms with Crippen molar-refractivity contribution in [1.29, 1.82) is 0 Å². The SMILES string of the molecule is Cc1cc(C)c(-c2sc(CN)nc2Br)c(C)c1. The molecule has 0 aliphatic heterocycles. The number of nitrogens with zero attached hydrogens (tertiary/aromatic N) is 1. The average molecular weight is 311 g/mol. The van der Waals surface area contributed by atoms with Crippen molar-refractivity contribution in [3.8, 4) is 10.4 Å². The quantitative estimate of drug-likeness (QED) is 0.912. The maximum Gasteiger partial charge on any atom is 0.125 e. The molecule has 1 aromatic carbocycles. The molecular formula is C13H15BrN2S. The zero-order chi connectivity index (χ0) is 12.6. The number of nitrogens with two attached hydrogens (primary N) is 1. The molecule has 0 saturated carbocycles. The number of aryl methyl sites for hydroxylation is 3. The first-order valence-corrected chi connectivity index (χ1v) is 7.07. The Bertz CT molecular complexity index is 538. The molecule has 2 N–H and O–H groups in total. The minimum absolute atomic E-state index is 0.493. The van der Waals surface area contributed by atoms with E-state index in [-0.39, 0.29) is 0 Å². The molecule has 2 nitrogen and oxygen atoms in total. The van der Waals surface area contributed by atoms with E-state index >= 15 is 0 Å². The third kappa shape index (κ3) is 2.44. The van der Waals surface area contributed by atoms with E-state index in [1.54, 1.807) is 11.3 Å². The monoisotopic (exact) mass is 310 g/mol. The molecule has 0 saturated heterocycles. The number of benzene rings is 1. The average Bonchev–Trinajstić information content (AvgIpc) is 2.59. The normalized spacial score (nSPS) is 10.9. The molecule has 1 heterocycles. The zero-order valence-corrected chi connectivity index (χ0v) is 12.6. The van der Waals surface area contributed by atoms with E-state index in [1.807, 2.05) is 0 Å². The van der Waals surface area contributed by atoms with Crippen LogP contribution in [0.3, 0.4) is 0 Å². The molecule has 17 heavy (non-hydrogen) atoms. The fourth-order valence-electron chi connectivity index (χ4n) is 2.12. The highest BCUT2D eigenvalue weighted by Gasteiger charge is 2.14. The number of thiazole rings is 1. The summed E-state index contributed by atoms with van der Waals surface area (Å²) in [6, 6.07) is 4.41. The molecular weight excluding hydrogens is 296 g/mol. The van der Waals surface area contributed by atoms with Gasteiger partial charge in [0.2, 0.25) is 0 Å². The highest BCUT2D eigenvalue weighted by atomic mass is 79.9. The number of hydrogen-bond acceptors (Lipinski definition) is 3.